The van der Waals surface area contributed by atoms with Gasteiger partial charge < -0.3 is 29.4 Å². The van der Waals surface area contributed by atoms with Crippen molar-refractivity contribution in [2.45, 2.75) is 13.8 Å². The van der Waals surface area contributed by atoms with Crippen LogP contribution >= 0.6 is 0 Å². The Hall–Kier alpha value is -8.31. The number of hydrogen-bond donors (Lipinski definition) is 2. The molecule has 18 nitrogen and oxygen atoms in total. The van der Waals surface area contributed by atoms with Gasteiger partial charge in [0, 0.05) is 144 Å². The molecule has 0 saturated heterocycles. The average Bonchev–Trinajstić information content (AvgIpc) is 3.35. The Morgan fingerprint density at radius 1 is 0.466 bits per heavy atom. The Morgan fingerprint density at radius 3 is 0.890 bits per heavy atom. The van der Waals surface area contributed by atoms with E-state index in [1.807, 2.05) is 84.9 Å². The summed E-state index contributed by atoms with van der Waals surface area (Å²) in [5, 5.41) is 27.3. The first-order valence-corrected chi connectivity index (χ1v) is 20.2. The van der Waals surface area contributed by atoms with Crippen molar-refractivity contribution in [1.29, 1.82) is 0 Å². The second-order valence-electron chi connectivity index (χ2n) is 13.3. The molecule has 0 fully saturated rings. The van der Waals surface area contributed by atoms with E-state index < -0.39 is 22.1 Å². The summed E-state index contributed by atoms with van der Waals surface area (Å²) in [6.45, 7) is 10.8. The molecule has 0 aliphatic carbocycles. The molecule has 0 aliphatic heterocycles. The Labute approximate surface area is 461 Å². The number of carbonyl (C=O) groups is 2. The first kappa shape index (κ1) is 64.7. The number of ether oxygens (including phenoxy) is 4. The van der Waals surface area contributed by atoms with Crippen LogP contribution in [0.2, 0.25) is 0 Å². The summed E-state index contributed by atoms with van der Waals surface area (Å²) in [5.41, 5.74) is 6.77. The molecule has 0 spiro atoms. The molecule has 0 amide bonds. The van der Waals surface area contributed by atoms with Gasteiger partial charge in [-0.25, -0.2) is 9.59 Å². The molecule has 0 atom stereocenters. The zero-order valence-electron chi connectivity index (χ0n) is 38.6. The van der Waals surface area contributed by atoms with Crippen LogP contribution in [0, 0.1) is 67.6 Å². The zero-order chi connectivity index (χ0) is 50.9. The number of pyridine rings is 4. The Kier molecular flexibility index (Phi) is 33.2. The molecule has 0 radical (unpaired) electrons. The van der Waals surface area contributed by atoms with Crippen LogP contribution in [0.3, 0.4) is 0 Å². The summed E-state index contributed by atoms with van der Waals surface area (Å²) in [6, 6.07) is 25.8. The van der Waals surface area contributed by atoms with Crippen molar-refractivity contribution in [3.05, 3.63) is 224 Å². The van der Waals surface area contributed by atoms with Crippen LogP contribution in [0.1, 0.15) is 58.4 Å². The van der Waals surface area contributed by atoms with Gasteiger partial charge in [-0.15, -0.1) is 20.2 Å². The van der Waals surface area contributed by atoms with Crippen LogP contribution in [-0.4, -0.2) is 78.9 Å². The predicted octanol–water partition coefficient (Wildman–Crippen LogP) is 6.85. The standard InChI is InChI=1S/2C26H20N2O3.2HNO3.3Pd/c2*1-20(2)26(29)31-19-18-30-25-23(8-6-21-10-14-27-15-11-21)4-3-5-24(25)9-7-22-12-16-28-17-13-22;2*2-1(3)4;;;/h2*3-5,10-17H,1,18-19H2,2H3;2*(H,2,3,4);;;. The van der Waals surface area contributed by atoms with Gasteiger partial charge in [0.15, 0.2) is 11.5 Å². The maximum Gasteiger partial charge on any atom is 0.333 e. The fourth-order valence-electron chi connectivity index (χ4n) is 4.88. The van der Waals surface area contributed by atoms with Crippen LogP contribution in [0.5, 0.6) is 11.5 Å². The summed E-state index contributed by atoms with van der Waals surface area (Å²) in [4.78, 5) is 55.9. The minimum Gasteiger partial charge on any atom is -0.487 e. The first-order chi connectivity index (χ1) is 33.7. The summed E-state index contributed by atoms with van der Waals surface area (Å²) in [7, 11) is 0. The van der Waals surface area contributed by atoms with Gasteiger partial charge in [-0.1, -0.05) is 72.7 Å². The summed E-state index contributed by atoms with van der Waals surface area (Å²) in [6.07, 6.45) is 13.5. The van der Waals surface area contributed by atoms with Gasteiger partial charge in [-0.3, -0.25) is 19.9 Å². The minimum atomic E-state index is -1.50. The van der Waals surface area contributed by atoms with Gasteiger partial charge in [0.1, 0.15) is 26.4 Å². The van der Waals surface area contributed by atoms with E-state index >= 15 is 0 Å². The molecule has 382 valence electrons. The third-order valence-electron chi connectivity index (χ3n) is 7.94. The van der Waals surface area contributed by atoms with Gasteiger partial charge in [0.2, 0.25) is 0 Å². The SMILES string of the molecule is C=C(C)C(=O)OCCOc1c(C#Cc2ccncc2)cccc1C#Cc1ccncc1.C=C(C)C(=O)OCCOc1c(C#Cc2ccncc2)cccc1C#Cc1ccncc1.O=[N+]([O-])O.O=[N+]([O-])O.[Pd].[Pd].[Pd]. The van der Waals surface area contributed by atoms with Crippen LogP contribution in [-0.2, 0) is 80.3 Å². The molecule has 2 aromatic carbocycles. The summed E-state index contributed by atoms with van der Waals surface area (Å²) >= 11 is 0. The largest absolute Gasteiger partial charge is 0.487 e. The Bertz CT molecular complexity index is 2640. The Balaban J connectivity index is 0.00000119. The van der Waals surface area contributed by atoms with E-state index in [4.69, 9.17) is 49.6 Å². The molecule has 0 aliphatic rings. The molecular weight excluding hydrogens is 1220 g/mol. The number of rotatable bonds is 10. The molecule has 4 aromatic heterocycles. The zero-order valence-corrected chi connectivity index (χ0v) is 43.2. The number of esters is 2. The van der Waals surface area contributed by atoms with Crippen LogP contribution in [0.25, 0.3) is 0 Å². The molecule has 21 heteroatoms. The topological polar surface area (TPSA) is 249 Å². The van der Waals surface area contributed by atoms with Gasteiger partial charge in [-0.05, 0) is 86.6 Å². The van der Waals surface area contributed by atoms with Crippen molar-refractivity contribution >= 4 is 11.9 Å². The van der Waals surface area contributed by atoms with E-state index in [9.17, 15) is 9.59 Å². The van der Waals surface area contributed by atoms with Crippen molar-refractivity contribution in [1.82, 2.24) is 19.9 Å². The number of para-hydroxylation sites is 2. The van der Waals surface area contributed by atoms with E-state index in [2.05, 4.69) is 80.5 Å². The van der Waals surface area contributed by atoms with Crippen LogP contribution in [0.4, 0.5) is 0 Å². The van der Waals surface area contributed by atoms with Crippen LogP contribution < -0.4 is 9.47 Å². The Morgan fingerprint density at radius 2 is 0.685 bits per heavy atom. The first-order valence-electron chi connectivity index (χ1n) is 20.2. The van der Waals surface area contributed by atoms with Crippen molar-refractivity contribution in [3.63, 3.8) is 0 Å². The van der Waals surface area contributed by atoms with E-state index in [0.29, 0.717) is 44.9 Å². The molecular formula is C52H42N6O12Pd3. The third kappa shape index (κ3) is 27.6. The normalized spacial score (nSPS) is 8.68. The molecule has 6 aromatic rings. The van der Waals surface area contributed by atoms with E-state index in [1.54, 1.807) is 63.4 Å². The molecule has 73 heavy (non-hydrogen) atoms. The molecule has 0 saturated carbocycles. The number of benzene rings is 2. The van der Waals surface area contributed by atoms with Gasteiger partial charge >= 0.3 is 11.9 Å². The number of aromatic nitrogens is 4. The van der Waals surface area contributed by atoms with E-state index in [-0.39, 0.29) is 87.7 Å². The van der Waals surface area contributed by atoms with Crippen molar-refractivity contribution in [2.75, 3.05) is 26.4 Å². The van der Waals surface area contributed by atoms with E-state index in [1.165, 1.54) is 0 Å². The monoisotopic (exact) mass is 1260 g/mol. The predicted molar refractivity (Wildman–Crippen MR) is 254 cm³/mol. The summed E-state index contributed by atoms with van der Waals surface area (Å²) in [5.74, 6) is 25.1. The maximum absolute atomic E-state index is 11.6. The average molecular weight is 1260 g/mol. The second-order valence-corrected chi connectivity index (χ2v) is 13.3. The minimum absolute atomic E-state index is 0. The number of carbonyl (C=O) groups excluding carboxylic acids is 2. The van der Waals surface area contributed by atoms with E-state index in [0.717, 1.165) is 22.3 Å². The smallest absolute Gasteiger partial charge is 0.333 e. The maximum atomic E-state index is 11.6. The quantitative estimate of drug-likeness (QED) is 0.0271. The van der Waals surface area contributed by atoms with Gasteiger partial charge in [-0.2, -0.15) is 0 Å². The van der Waals surface area contributed by atoms with Crippen molar-refractivity contribution in [2.24, 2.45) is 0 Å². The molecule has 0 unspecified atom stereocenters. The molecule has 4 heterocycles. The number of hydrogen-bond acceptors (Lipinski definition) is 14. The second kappa shape index (κ2) is 37.5. The fraction of sp³-hybridized carbons (Fsp3) is 0.115. The fourth-order valence-corrected chi connectivity index (χ4v) is 4.88. The number of nitrogens with zero attached hydrogens (tertiary/aromatic N) is 6. The molecule has 0 bridgehead atoms. The summed E-state index contributed by atoms with van der Waals surface area (Å²) < 4.78 is 22.1. The van der Waals surface area contributed by atoms with Crippen molar-refractivity contribution in [3.8, 4) is 58.9 Å². The van der Waals surface area contributed by atoms with Crippen LogP contribution in [0.15, 0.2) is 159 Å². The van der Waals surface area contributed by atoms with Gasteiger partial charge in [0.05, 0.1) is 22.3 Å². The third-order valence-corrected chi connectivity index (χ3v) is 7.94. The van der Waals surface area contributed by atoms with Gasteiger partial charge in [0.25, 0.3) is 10.2 Å². The molecule has 2 N–H and O–H groups in total. The van der Waals surface area contributed by atoms with Crippen molar-refractivity contribution < 1.29 is 110 Å². The molecule has 6 rings (SSSR count).